The van der Waals surface area contributed by atoms with Crippen LogP contribution in [0.1, 0.15) is 16.8 Å². The number of phenolic OH excluding ortho intramolecular Hbond substituents is 1. The zero-order chi connectivity index (χ0) is 13.5. The number of halogens is 1. The minimum Gasteiger partial charge on any atom is -0.507 e. The molecule has 0 radical (unpaired) electrons. The highest BCUT2D eigenvalue weighted by atomic mass is 19.1. The lowest BCUT2D eigenvalue weighted by molar-refractivity contribution is 0.0886. The van der Waals surface area contributed by atoms with Crippen molar-refractivity contribution in [3.63, 3.8) is 0 Å². The Balaban J connectivity index is 2.80. The van der Waals surface area contributed by atoms with Gasteiger partial charge in [-0.1, -0.05) is 6.07 Å². The molecule has 1 unspecified atom stereocenters. The zero-order valence-corrected chi connectivity index (χ0v) is 10.1. The van der Waals surface area contributed by atoms with Crippen LogP contribution in [0.3, 0.4) is 0 Å². The monoisotopic (exact) mass is 256 g/mol. The van der Waals surface area contributed by atoms with Crippen LogP contribution in [0, 0.1) is 5.82 Å². The molecule has 0 aliphatic rings. The molecule has 100 valence electrons. The van der Waals surface area contributed by atoms with Crippen molar-refractivity contribution in [2.45, 2.75) is 12.5 Å². The van der Waals surface area contributed by atoms with Gasteiger partial charge in [-0.3, -0.25) is 4.79 Å². The van der Waals surface area contributed by atoms with E-state index in [1.54, 1.807) is 0 Å². The van der Waals surface area contributed by atoms with E-state index in [2.05, 4.69) is 5.32 Å². The molecule has 4 N–H and O–H groups in total. The number of hydrogen-bond acceptors (Lipinski definition) is 4. The first-order chi connectivity index (χ1) is 8.60. The highest BCUT2D eigenvalue weighted by Crippen LogP contribution is 2.19. The number of nitrogens with two attached hydrogens (primary N) is 1. The van der Waals surface area contributed by atoms with Crippen molar-refractivity contribution in [1.82, 2.24) is 5.32 Å². The Morgan fingerprint density at radius 3 is 2.89 bits per heavy atom. The number of rotatable bonds is 6. The summed E-state index contributed by atoms with van der Waals surface area (Å²) in [5, 5.41) is 12.1. The molecule has 1 rings (SSSR count). The van der Waals surface area contributed by atoms with Gasteiger partial charge in [0.2, 0.25) is 0 Å². The molecule has 0 bridgehead atoms. The predicted octanol–water partition coefficient (Wildman–Crippen LogP) is 0.625. The van der Waals surface area contributed by atoms with E-state index >= 15 is 0 Å². The quantitative estimate of drug-likeness (QED) is 0.696. The Kier molecular flexibility index (Phi) is 5.54. The third-order valence-electron chi connectivity index (χ3n) is 2.44. The van der Waals surface area contributed by atoms with E-state index in [1.165, 1.54) is 19.2 Å². The molecule has 18 heavy (non-hydrogen) atoms. The fraction of sp³-hybridized carbons (Fsp3) is 0.417. The van der Waals surface area contributed by atoms with E-state index in [9.17, 15) is 14.3 Å². The first-order valence-electron chi connectivity index (χ1n) is 5.57. The van der Waals surface area contributed by atoms with Gasteiger partial charge in [-0.25, -0.2) is 4.39 Å². The van der Waals surface area contributed by atoms with Crippen LogP contribution in [0.5, 0.6) is 5.75 Å². The van der Waals surface area contributed by atoms with Crippen LogP contribution >= 0.6 is 0 Å². The molecule has 5 nitrogen and oxygen atoms in total. The van der Waals surface area contributed by atoms with E-state index in [4.69, 9.17) is 10.5 Å². The van der Waals surface area contributed by atoms with E-state index < -0.39 is 17.5 Å². The number of carbonyl (C=O) groups excluding carboxylic acids is 1. The zero-order valence-electron chi connectivity index (χ0n) is 10.1. The molecule has 0 aromatic heterocycles. The molecule has 1 aromatic carbocycles. The number of benzene rings is 1. The number of methoxy groups -OCH3 is 1. The Hall–Kier alpha value is -1.66. The number of nitrogens with one attached hydrogen (secondary N) is 1. The number of ether oxygens (including phenoxy) is 1. The van der Waals surface area contributed by atoms with Crippen molar-refractivity contribution >= 4 is 5.91 Å². The van der Waals surface area contributed by atoms with Crippen LogP contribution in [0.25, 0.3) is 0 Å². The second-order valence-corrected chi connectivity index (χ2v) is 3.84. The first kappa shape index (κ1) is 14.4. The molecule has 6 heteroatoms. The van der Waals surface area contributed by atoms with E-state index in [0.717, 1.165) is 6.07 Å². The number of aromatic hydroxyl groups is 1. The van der Waals surface area contributed by atoms with Gasteiger partial charge in [0.15, 0.2) is 0 Å². The molecule has 0 fully saturated rings. The van der Waals surface area contributed by atoms with Crippen molar-refractivity contribution in [2.24, 2.45) is 5.73 Å². The minimum absolute atomic E-state index is 0.276. The summed E-state index contributed by atoms with van der Waals surface area (Å²) in [6.45, 7) is 0.649. The summed E-state index contributed by atoms with van der Waals surface area (Å²) in [7, 11) is 1.50. The van der Waals surface area contributed by atoms with Gasteiger partial charge < -0.3 is 20.9 Å². The van der Waals surface area contributed by atoms with Crippen LogP contribution in [0.15, 0.2) is 18.2 Å². The number of phenols is 1. The fourth-order valence-electron chi connectivity index (χ4n) is 1.59. The van der Waals surface area contributed by atoms with Crippen LogP contribution in [-0.4, -0.2) is 37.3 Å². The van der Waals surface area contributed by atoms with Gasteiger partial charge >= 0.3 is 0 Å². The van der Waals surface area contributed by atoms with Gasteiger partial charge in [-0.05, 0) is 25.1 Å². The molecular weight excluding hydrogens is 239 g/mol. The summed E-state index contributed by atoms with van der Waals surface area (Å²) >= 11 is 0. The molecule has 0 aliphatic heterocycles. The van der Waals surface area contributed by atoms with E-state index in [-0.39, 0.29) is 18.2 Å². The lowest BCUT2D eigenvalue weighted by Crippen LogP contribution is -2.39. The van der Waals surface area contributed by atoms with Crippen LogP contribution in [0.4, 0.5) is 4.39 Å². The highest BCUT2D eigenvalue weighted by Gasteiger charge is 2.19. The Morgan fingerprint density at radius 1 is 1.61 bits per heavy atom. The maximum atomic E-state index is 13.4. The molecule has 0 heterocycles. The summed E-state index contributed by atoms with van der Waals surface area (Å²) in [6.07, 6.45) is 0.509. The highest BCUT2D eigenvalue weighted by molar-refractivity contribution is 5.97. The first-order valence-corrected chi connectivity index (χ1v) is 5.57. The molecule has 0 aliphatic carbocycles. The number of hydrogen-bond donors (Lipinski definition) is 3. The normalized spacial score (nSPS) is 12.2. The smallest absolute Gasteiger partial charge is 0.258 e. The van der Waals surface area contributed by atoms with Crippen molar-refractivity contribution in [3.8, 4) is 5.75 Å². The Morgan fingerprint density at radius 2 is 2.33 bits per heavy atom. The maximum Gasteiger partial charge on any atom is 0.258 e. The van der Waals surface area contributed by atoms with E-state index in [0.29, 0.717) is 13.0 Å². The van der Waals surface area contributed by atoms with Crippen molar-refractivity contribution in [2.75, 3.05) is 20.3 Å². The third-order valence-corrected chi connectivity index (χ3v) is 2.44. The van der Waals surface area contributed by atoms with Gasteiger partial charge in [0.1, 0.15) is 17.1 Å². The van der Waals surface area contributed by atoms with Crippen LogP contribution in [0.2, 0.25) is 0 Å². The molecule has 0 saturated carbocycles. The van der Waals surface area contributed by atoms with Gasteiger partial charge in [0.05, 0.1) is 12.6 Å². The number of carbonyl (C=O) groups is 1. The summed E-state index contributed by atoms with van der Waals surface area (Å²) in [5.74, 6) is -1.84. The maximum absolute atomic E-state index is 13.4. The van der Waals surface area contributed by atoms with E-state index in [1.807, 2.05) is 0 Å². The summed E-state index contributed by atoms with van der Waals surface area (Å²) in [6, 6.07) is 3.38. The largest absolute Gasteiger partial charge is 0.507 e. The van der Waals surface area contributed by atoms with Crippen molar-refractivity contribution in [3.05, 3.63) is 29.6 Å². The molecule has 0 spiro atoms. The molecule has 1 amide bonds. The van der Waals surface area contributed by atoms with Crippen LogP contribution in [-0.2, 0) is 4.74 Å². The summed E-state index contributed by atoms with van der Waals surface area (Å²) < 4.78 is 18.4. The second kappa shape index (κ2) is 6.93. The molecule has 0 saturated heterocycles. The average Bonchev–Trinajstić information content (AvgIpc) is 2.29. The SMILES string of the molecule is COCC(CCN)NC(=O)c1c(O)cccc1F. The topological polar surface area (TPSA) is 84.6 Å². The molecular formula is C12H17FN2O3. The van der Waals surface area contributed by atoms with Crippen LogP contribution < -0.4 is 11.1 Å². The van der Waals surface area contributed by atoms with Gasteiger partial charge in [-0.2, -0.15) is 0 Å². The minimum atomic E-state index is -0.767. The Bertz CT molecular complexity index is 386. The van der Waals surface area contributed by atoms with Crippen molar-refractivity contribution < 1.29 is 19.0 Å². The third kappa shape index (κ3) is 3.68. The lowest BCUT2D eigenvalue weighted by atomic mass is 10.1. The van der Waals surface area contributed by atoms with Gasteiger partial charge in [-0.15, -0.1) is 0 Å². The summed E-state index contributed by atoms with van der Waals surface area (Å²) in [5.41, 5.74) is 5.04. The molecule has 1 aromatic rings. The predicted molar refractivity (Wildman–Crippen MR) is 64.9 cm³/mol. The van der Waals surface area contributed by atoms with Crippen molar-refractivity contribution in [1.29, 1.82) is 0 Å². The average molecular weight is 256 g/mol. The standard InChI is InChI=1S/C12H17FN2O3/c1-18-7-8(5-6-14)15-12(17)11-9(13)3-2-4-10(11)16/h2-4,8,16H,5-7,14H2,1H3,(H,15,17). The number of amides is 1. The lowest BCUT2D eigenvalue weighted by Gasteiger charge is -2.17. The van der Waals surface area contributed by atoms with Gasteiger partial charge in [0.25, 0.3) is 5.91 Å². The second-order valence-electron chi connectivity index (χ2n) is 3.84. The Labute approximate surface area is 105 Å². The molecule has 1 atom stereocenters. The fourth-order valence-corrected chi connectivity index (χ4v) is 1.59. The van der Waals surface area contributed by atoms with Gasteiger partial charge in [0, 0.05) is 7.11 Å². The summed E-state index contributed by atoms with van der Waals surface area (Å²) in [4.78, 5) is 11.8.